The average molecular weight is 430 g/mol. The molecule has 0 aromatic carbocycles. The molecule has 0 aromatic rings. The van der Waals surface area contributed by atoms with Crippen LogP contribution in [0.5, 0.6) is 0 Å². The highest BCUT2D eigenvalue weighted by Crippen LogP contribution is 2.61. The van der Waals surface area contributed by atoms with Gasteiger partial charge in [-0.3, -0.25) is 4.52 Å². The minimum Gasteiger partial charge on any atom is -0.459 e. The van der Waals surface area contributed by atoms with Gasteiger partial charge in [0.15, 0.2) is 0 Å². The highest BCUT2D eigenvalue weighted by molar-refractivity contribution is 7.46. The zero-order chi connectivity index (χ0) is 21.6. The SMILES string of the molecule is C=C1CCC2[C@](C)(CO)[C@H](O)CC[C@]2(C)[C@@H]1C/C=C1/C(=O)OCC1OP(=O)(O)O. The van der Waals surface area contributed by atoms with Crippen LogP contribution in [0.1, 0.15) is 46.0 Å². The number of carbonyl (C=O) groups excluding carboxylic acids is 1. The van der Waals surface area contributed by atoms with Crippen LogP contribution in [-0.2, 0) is 18.6 Å². The molecule has 0 spiro atoms. The monoisotopic (exact) mass is 430 g/mol. The van der Waals surface area contributed by atoms with Crippen molar-refractivity contribution in [3.05, 3.63) is 23.8 Å². The number of ether oxygens (including phenoxy) is 1. The quantitative estimate of drug-likeness (QED) is 0.225. The van der Waals surface area contributed by atoms with Gasteiger partial charge in [0.05, 0.1) is 18.3 Å². The molecule has 3 aliphatic rings. The lowest BCUT2D eigenvalue weighted by Crippen LogP contribution is -2.57. The Hall–Kier alpha value is -1.02. The number of cyclic esters (lactones) is 1. The first-order valence-electron chi connectivity index (χ1n) is 10.00. The second kappa shape index (κ2) is 7.91. The number of esters is 1. The van der Waals surface area contributed by atoms with E-state index in [9.17, 15) is 19.6 Å². The van der Waals surface area contributed by atoms with Crippen molar-refractivity contribution in [1.82, 2.24) is 0 Å². The summed E-state index contributed by atoms with van der Waals surface area (Å²) in [5, 5.41) is 20.6. The van der Waals surface area contributed by atoms with E-state index in [1.807, 2.05) is 6.92 Å². The summed E-state index contributed by atoms with van der Waals surface area (Å²) in [4.78, 5) is 30.2. The van der Waals surface area contributed by atoms with Gasteiger partial charge >= 0.3 is 13.8 Å². The van der Waals surface area contributed by atoms with Gasteiger partial charge in [0.25, 0.3) is 0 Å². The normalized spacial score (nSPS) is 42.1. The lowest BCUT2D eigenvalue weighted by Gasteiger charge is -2.59. The van der Waals surface area contributed by atoms with Crippen molar-refractivity contribution in [2.75, 3.05) is 13.2 Å². The zero-order valence-electron chi connectivity index (χ0n) is 16.9. The number of allylic oxidation sites excluding steroid dienone is 2. The van der Waals surface area contributed by atoms with Crippen LogP contribution in [0.4, 0.5) is 0 Å². The van der Waals surface area contributed by atoms with Crippen LogP contribution < -0.4 is 0 Å². The van der Waals surface area contributed by atoms with Gasteiger partial charge in [0, 0.05) is 5.41 Å². The maximum absolute atomic E-state index is 12.1. The maximum atomic E-state index is 12.1. The van der Waals surface area contributed by atoms with E-state index in [0.29, 0.717) is 12.8 Å². The summed E-state index contributed by atoms with van der Waals surface area (Å²) in [6, 6.07) is 0. The third kappa shape index (κ3) is 4.11. The van der Waals surface area contributed by atoms with E-state index in [1.165, 1.54) is 0 Å². The number of phosphoric ester groups is 1. The van der Waals surface area contributed by atoms with Crippen LogP contribution in [0, 0.1) is 22.7 Å². The maximum Gasteiger partial charge on any atom is 0.470 e. The van der Waals surface area contributed by atoms with Gasteiger partial charge < -0.3 is 24.7 Å². The Morgan fingerprint density at radius 1 is 1.34 bits per heavy atom. The number of aliphatic hydroxyl groups excluding tert-OH is 2. The number of carbonyl (C=O) groups is 1. The summed E-state index contributed by atoms with van der Waals surface area (Å²) in [6.45, 7) is 8.00. The summed E-state index contributed by atoms with van der Waals surface area (Å²) in [5.74, 6) is -0.530. The average Bonchev–Trinajstić information content (AvgIpc) is 2.96. The molecule has 8 nitrogen and oxygen atoms in total. The molecule has 1 saturated heterocycles. The molecule has 0 bridgehead atoms. The number of rotatable bonds is 5. The lowest BCUT2D eigenvalue weighted by atomic mass is 9.46. The van der Waals surface area contributed by atoms with Crippen molar-refractivity contribution in [1.29, 1.82) is 0 Å². The van der Waals surface area contributed by atoms with Gasteiger partial charge in [-0.15, -0.1) is 0 Å². The van der Waals surface area contributed by atoms with E-state index < -0.39 is 31.4 Å². The topological polar surface area (TPSA) is 134 Å². The molecule has 0 aromatic heterocycles. The van der Waals surface area contributed by atoms with Crippen molar-refractivity contribution < 1.29 is 38.6 Å². The molecule has 3 fully saturated rings. The molecule has 0 radical (unpaired) electrons. The summed E-state index contributed by atoms with van der Waals surface area (Å²) in [5.41, 5.74) is 0.353. The summed E-state index contributed by atoms with van der Waals surface area (Å²) in [7, 11) is -4.76. The Balaban J connectivity index is 1.87. The molecule has 0 amide bonds. The molecule has 9 heteroatoms. The number of aliphatic hydroxyl groups is 2. The molecule has 164 valence electrons. The van der Waals surface area contributed by atoms with E-state index in [-0.39, 0.29) is 36.0 Å². The predicted molar refractivity (Wildman–Crippen MR) is 104 cm³/mol. The highest BCUT2D eigenvalue weighted by atomic mass is 31.2. The molecule has 2 unspecified atom stereocenters. The van der Waals surface area contributed by atoms with Crippen LogP contribution in [0.15, 0.2) is 23.8 Å². The molecular weight excluding hydrogens is 399 g/mol. The van der Waals surface area contributed by atoms with Gasteiger partial charge in [0.2, 0.25) is 0 Å². The van der Waals surface area contributed by atoms with Gasteiger partial charge in [-0.1, -0.05) is 32.1 Å². The lowest BCUT2D eigenvalue weighted by molar-refractivity contribution is -0.151. The fourth-order valence-electron chi connectivity index (χ4n) is 5.80. The smallest absolute Gasteiger partial charge is 0.459 e. The highest BCUT2D eigenvalue weighted by Gasteiger charge is 2.57. The van der Waals surface area contributed by atoms with Crippen LogP contribution in [0.25, 0.3) is 0 Å². The van der Waals surface area contributed by atoms with Crippen LogP contribution >= 0.6 is 7.82 Å². The summed E-state index contributed by atoms with van der Waals surface area (Å²) < 4.78 is 20.8. The Morgan fingerprint density at radius 3 is 2.66 bits per heavy atom. The first-order valence-corrected chi connectivity index (χ1v) is 11.5. The molecule has 4 N–H and O–H groups in total. The van der Waals surface area contributed by atoms with Gasteiger partial charge in [-0.05, 0) is 49.4 Å². The van der Waals surface area contributed by atoms with Crippen LogP contribution in [0.2, 0.25) is 0 Å². The predicted octanol–water partition coefficient (Wildman–Crippen LogP) is 2.08. The van der Waals surface area contributed by atoms with E-state index in [2.05, 4.69) is 13.5 Å². The zero-order valence-corrected chi connectivity index (χ0v) is 17.8. The molecule has 1 heterocycles. The van der Waals surface area contributed by atoms with E-state index in [4.69, 9.17) is 19.0 Å². The first-order chi connectivity index (χ1) is 13.4. The molecular formula is C20H31O8P. The van der Waals surface area contributed by atoms with Crippen molar-refractivity contribution in [3.63, 3.8) is 0 Å². The fraction of sp³-hybridized carbons (Fsp3) is 0.750. The molecule has 1 aliphatic heterocycles. The third-order valence-electron chi connectivity index (χ3n) is 7.48. The fourth-order valence-corrected chi connectivity index (χ4v) is 6.31. The summed E-state index contributed by atoms with van der Waals surface area (Å²) >= 11 is 0. The van der Waals surface area contributed by atoms with Crippen LogP contribution in [-0.4, -0.2) is 51.4 Å². The van der Waals surface area contributed by atoms with Gasteiger partial charge in [0.1, 0.15) is 12.7 Å². The number of hydrogen-bond donors (Lipinski definition) is 4. The van der Waals surface area contributed by atoms with Crippen LogP contribution in [0.3, 0.4) is 0 Å². The Kier molecular flexibility index (Phi) is 6.18. The third-order valence-corrected chi connectivity index (χ3v) is 8.01. The number of hydrogen-bond acceptors (Lipinski definition) is 6. The van der Waals surface area contributed by atoms with Gasteiger partial charge in [-0.2, -0.15) is 0 Å². The van der Waals surface area contributed by atoms with E-state index in [0.717, 1.165) is 24.8 Å². The minimum atomic E-state index is -4.76. The number of phosphoric acid groups is 1. The molecule has 2 aliphatic carbocycles. The first kappa shape index (κ1) is 22.7. The molecule has 6 atom stereocenters. The van der Waals surface area contributed by atoms with Crippen molar-refractivity contribution in [3.8, 4) is 0 Å². The summed E-state index contributed by atoms with van der Waals surface area (Å²) in [6.07, 6.45) is 3.40. The van der Waals surface area contributed by atoms with Gasteiger partial charge in [-0.25, -0.2) is 9.36 Å². The number of fused-ring (bicyclic) bond motifs is 1. The standard InChI is InChI=1S/C20H31O8P/c1-12-4-7-16-19(2,9-8-17(22)20(16,3)11-21)14(12)6-5-13-15(10-27-18(13)23)28-29(24,25)26/h5,14-17,21-22H,1,4,6-11H2,2-3H3,(H2,24,25,26)/b13-5+/t14-,15?,16?,17-,19-,20+/m1/s1. The largest absolute Gasteiger partial charge is 0.470 e. The van der Waals surface area contributed by atoms with E-state index >= 15 is 0 Å². The Labute approximate surface area is 170 Å². The Morgan fingerprint density at radius 2 is 2.03 bits per heavy atom. The van der Waals surface area contributed by atoms with Crippen molar-refractivity contribution >= 4 is 13.8 Å². The minimum absolute atomic E-state index is 0.0104. The van der Waals surface area contributed by atoms with Crippen molar-refractivity contribution in [2.45, 2.75) is 58.2 Å². The van der Waals surface area contributed by atoms with Crippen molar-refractivity contribution in [2.24, 2.45) is 22.7 Å². The Bertz CT molecular complexity index is 758. The molecule has 2 saturated carbocycles. The molecule has 3 rings (SSSR count). The second-order valence-corrected chi connectivity index (χ2v) is 10.3. The second-order valence-electron chi connectivity index (χ2n) is 9.10. The molecule has 29 heavy (non-hydrogen) atoms. The van der Waals surface area contributed by atoms with E-state index in [1.54, 1.807) is 6.08 Å².